The van der Waals surface area contributed by atoms with Crippen LogP contribution in [0.1, 0.15) is 27.5 Å². The minimum atomic E-state index is -0.148. The summed E-state index contributed by atoms with van der Waals surface area (Å²) in [5.41, 5.74) is 9.38. The van der Waals surface area contributed by atoms with Gasteiger partial charge in [0.15, 0.2) is 0 Å². The minimum absolute atomic E-state index is 0. The van der Waals surface area contributed by atoms with E-state index in [2.05, 4.69) is 11.4 Å². The highest BCUT2D eigenvalue weighted by atomic mass is 35.5. The van der Waals surface area contributed by atoms with Gasteiger partial charge in [0, 0.05) is 5.56 Å². The van der Waals surface area contributed by atoms with Crippen molar-refractivity contribution >= 4 is 29.1 Å². The maximum atomic E-state index is 12.7. The second kappa shape index (κ2) is 6.63. The van der Waals surface area contributed by atoms with Gasteiger partial charge in [0.05, 0.1) is 12.1 Å². The van der Waals surface area contributed by atoms with E-state index >= 15 is 0 Å². The van der Waals surface area contributed by atoms with Gasteiger partial charge in [-0.25, -0.2) is 0 Å². The van der Waals surface area contributed by atoms with Crippen LogP contribution < -0.4 is 11.1 Å². The third-order valence-corrected chi connectivity index (χ3v) is 4.64. The monoisotopic (exact) mass is 338 g/mol. The number of rotatable bonds is 2. The van der Waals surface area contributed by atoms with Gasteiger partial charge in [-0.2, -0.15) is 0 Å². The molecule has 4 rings (SSSR count). The highest BCUT2D eigenvalue weighted by Crippen LogP contribution is 2.29. The highest BCUT2D eigenvalue weighted by Gasteiger charge is 2.30. The predicted octanol–water partition coefficient (Wildman–Crippen LogP) is 3.62. The first-order valence-corrected chi connectivity index (χ1v) is 7.86. The van der Waals surface area contributed by atoms with Crippen molar-refractivity contribution in [2.24, 2.45) is 5.73 Å². The number of carbonyl (C=O) groups is 1. The van der Waals surface area contributed by atoms with Gasteiger partial charge in [-0.15, -0.1) is 12.4 Å². The van der Waals surface area contributed by atoms with E-state index in [4.69, 9.17) is 5.73 Å². The number of hydrogen-bond acceptors (Lipinski definition) is 2. The Morgan fingerprint density at radius 1 is 0.958 bits per heavy atom. The molecule has 122 valence electrons. The summed E-state index contributed by atoms with van der Waals surface area (Å²) in [6.45, 7) is 0. The van der Waals surface area contributed by atoms with Crippen LogP contribution >= 0.6 is 12.4 Å². The Morgan fingerprint density at radius 2 is 1.67 bits per heavy atom. The van der Waals surface area contributed by atoms with Gasteiger partial charge in [-0.05, 0) is 34.4 Å². The quantitative estimate of drug-likeness (QED) is 0.750. The molecule has 0 aromatic heterocycles. The molecular weight excluding hydrogens is 320 g/mol. The summed E-state index contributed by atoms with van der Waals surface area (Å²) in [5.74, 6) is -0.0601. The summed E-state index contributed by atoms with van der Waals surface area (Å²) in [4.78, 5) is 12.7. The molecule has 0 saturated heterocycles. The fourth-order valence-electron chi connectivity index (χ4n) is 3.44. The molecule has 3 N–H and O–H groups in total. The number of carbonyl (C=O) groups excluding carboxylic acids is 1. The molecule has 0 aliphatic heterocycles. The van der Waals surface area contributed by atoms with Gasteiger partial charge in [-0.3, -0.25) is 4.79 Å². The Labute approximate surface area is 147 Å². The number of amides is 1. The molecule has 0 fully saturated rings. The zero-order valence-corrected chi connectivity index (χ0v) is 13.9. The van der Waals surface area contributed by atoms with Gasteiger partial charge in [0.1, 0.15) is 0 Å². The van der Waals surface area contributed by atoms with Crippen LogP contribution in [-0.2, 0) is 6.42 Å². The average Bonchev–Trinajstić information content (AvgIpc) is 2.90. The molecule has 0 saturated carbocycles. The lowest BCUT2D eigenvalue weighted by Crippen LogP contribution is -2.40. The van der Waals surface area contributed by atoms with E-state index in [0.29, 0.717) is 5.56 Å². The molecule has 1 amide bonds. The largest absolute Gasteiger partial charge is 0.347 e. The summed E-state index contributed by atoms with van der Waals surface area (Å²) < 4.78 is 0. The molecule has 4 heteroatoms. The lowest BCUT2D eigenvalue weighted by atomic mass is 10.0. The van der Waals surface area contributed by atoms with Crippen molar-refractivity contribution in [3.63, 3.8) is 0 Å². The van der Waals surface area contributed by atoms with Crippen LogP contribution in [0.2, 0.25) is 0 Å². The third-order valence-electron chi connectivity index (χ3n) is 4.64. The first-order chi connectivity index (χ1) is 11.2. The molecule has 0 heterocycles. The van der Waals surface area contributed by atoms with E-state index in [9.17, 15) is 4.79 Å². The van der Waals surface area contributed by atoms with Crippen LogP contribution in [0.15, 0.2) is 66.7 Å². The topological polar surface area (TPSA) is 55.1 Å². The van der Waals surface area contributed by atoms with Crippen molar-refractivity contribution in [2.75, 3.05) is 0 Å². The van der Waals surface area contributed by atoms with E-state index in [1.165, 1.54) is 5.56 Å². The molecule has 0 radical (unpaired) electrons. The van der Waals surface area contributed by atoms with Crippen LogP contribution in [0.25, 0.3) is 10.8 Å². The van der Waals surface area contributed by atoms with Crippen LogP contribution in [0.5, 0.6) is 0 Å². The van der Waals surface area contributed by atoms with Crippen LogP contribution in [0.4, 0.5) is 0 Å². The van der Waals surface area contributed by atoms with E-state index in [1.54, 1.807) is 0 Å². The molecule has 1 aliphatic rings. The SMILES string of the molecule is Cl.N[C@@H]1c2ccccc2C[C@H]1NC(=O)c1cccc2ccccc12. The zero-order chi connectivity index (χ0) is 15.8. The molecule has 1 aliphatic carbocycles. The Kier molecular flexibility index (Phi) is 4.56. The molecule has 0 unspecified atom stereocenters. The molecule has 24 heavy (non-hydrogen) atoms. The number of halogens is 1. The van der Waals surface area contributed by atoms with Crippen molar-refractivity contribution in [1.29, 1.82) is 0 Å². The minimum Gasteiger partial charge on any atom is -0.347 e. The summed E-state index contributed by atoms with van der Waals surface area (Å²) >= 11 is 0. The van der Waals surface area contributed by atoms with Crippen LogP contribution in [0.3, 0.4) is 0 Å². The zero-order valence-electron chi connectivity index (χ0n) is 13.1. The summed E-state index contributed by atoms with van der Waals surface area (Å²) in [6.07, 6.45) is 0.786. The lowest BCUT2D eigenvalue weighted by Gasteiger charge is -2.18. The van der Waals surface area contributed by atoms with Crippen molar-refractivity contribution < 1.29 is 4.79 Å². The third kappa shape index (κ3) is 2.77. The summed E-state index contributed by atoms with van der Waals surface area (Å²) in [7, 11) is 0. The van der Waals surface area contributed by atoms with Gasteiger partial charge in [0.25, 0.3) is 5.91 Å². The van der Waals surface area contributed by atoms with Gasteiger partial charge < -0.3 is 11.1 Å². The fourth-order valence-corrected chi connectivity index (χ4v) is 3.44. The number of nitrogens with one attached hydrogen (secondary N) is 1. The van der Waals surface area contributed by atoms with Crippen molar-refractivity contribution in [3.8, 4) is 0 Å². The Balaban J connectivity index is 0.00000169. The summed E-state index contributed by atoms with van der Waals surface area (Å²) in [6, 6.07) is 21.7. The number of nitrogens with two attached hydrogens (primary N) is 1. The fraction of sp³-hybridized carbons (Fsp3) is 0.150. The van der Waals surface area contributed by atoms with E-state index in [0.717, 1.165) is 22.8 Å². The average molecular weight is 339 g/mol. The second-order valence-electron chi connectivity index (χ2n) is 6.04. The van der Waals surface area contributed by atoms with E-state index < -0.39 is 0 Å². The molecule has 3 nitrogen and oxygen atoms in total. The first kappa shape index (κ1) is 16.5. The molecule has 3 aromatic rings. The maximum absolute atomic E-state index is 12.7. The van der Waals surface area contributed by atoms with Crippen molar-refractivity contribution in [1.82, 2.24) is 5.32 Å². The Hall–Kier alpha value is -2.36. The second-order valence-corrected chi connectivity index (χ2v) is 6.04. The molecule has 3 aromatic carbocycles. The molecular formula is C20H19ClN2O. The Morgan fingerprint density at radius 3 is 2.50 bits per heavy atom. The first-order valence-electron chi connectivity index (χ1n) is 7.86. The van der Waals surface area contributed by atoms with E-state index in [-0.39, 0.29) is 30.4 Å². The van der Waals surface area contributed by atoms with Crippen molar-refractivity contribution in [2.45, 2.75) is 18.5 Å². The van der Waals surface area contributed by atoms with Gasteiger partial charge >= 0.3 is 0 Å². The predicted molar refractivity (Wildman–Crippen MR) is 99.5 cm³/mol. The highest BCUT2D eigenvalue weighted by molar-refractivity contribution is 6.07. The molecule has 2 atom stereocenters. The van der Waals surface area contributed by atoms with Gasteiger partial charge in [0.2, 0.25) is 0 Å². The maximum Gasteiger partial charge on any atom is 0.252 e. The number of benzene rings is 3. The lowest BCUT2D eigenvalue weighted by molar-refractivity contribution is 0.0935. The van der Waals surface area contributed by atoms with E-state index in [1.807, 2.05) is 60.7 Å². The van der Waals surface area contributed by atoms with Crippen LogP contribution in [0, 0.1) is 0 Å². The molecule has 0 spiro atoms. The Bertz CT molecular complexity index is 888. The van der Waals surface area contributed by atoms with Crippen molar-refractivity contribution in [3.05, 3.63) is 83.4 Å². The normalized spacial score (nSPS) is 18.7. The van der Waals surface area contributed by atoms with Crippen LogP contribution in [-0.4, -0.2) is 11.9 Å². The number of hydrogen-bond donors (Lipinski definition) is 2. The summed E-state index contributed by atoms with van der Waals surface area (Å²) in [5, 5.41) is 5.16. The molecule has 0 bridgehead atoms. The van der Waals surface area contributed by atoms with Gasteiger partial charge in [-0.1, -0.05) is 60.7 Å². The smallest absolute Gasteiger partial charge is 0.252 e. The standard InChI is InChI=1S/C20H18N2O.ClH/c21-19-16-10-4-2-7-14(16)12-18(19)22-20(23)17-11-5-8-13-6-1-3-9-15(13)17;/h1-11,18-19H,12,21H2,(H,22,23);1H/t18-,19-;/m1./s1. The number of fused-ring (bicyclic) bond motifs is 2.